The number of benzene rings is 2. The minimum Gasteiger partial charge on any atom is -0.507 e. The zero-order valence-electron chi connectivity index (χ0n) is 15.0. The second-order valence-corrected chi connectivity index (χ2v) is 7.31. The van der Waals surface area contributed by atoms with Crippen LogP contribution >= 0.6 is 15.9 Å². The molecule has 3 rings (SSSR count). The lowest BCUT2D eigenvalue weighted by molar-refractivity contribution is -0.138. The summed E-state index contributed by atoms with van der Waals surface area (Å²) in [5, 5.41) is 20.5. The van der Waals surface area contributed by atoms with Crippen LogP contribution in [0.2, 0.25) is 0 Å². The highest BCUT2D eigenvalue weighted by Gasteiger charge is 2.25. The number of rotatable bonds is 3. The Morgan fingerprint density at radius 2 is 1.59 bits per heavy atom. The third kappa shape index (κ3) is 4.08. The molecule has 27 heavy (non-hydrogen) atoms. The molecule has 7 heteroatoms. The number of halogens is 1. The van der Waals surface area contributed by atoms with Gasteiger partial charge in [-0.2, -0.15) is 0 Å². The van der Waals surface area contributed by atoms with Crippen molar-refractivity contribution >= 4 is 27.7 Å². The first-order chi connectivity index (χ1) is 12.9. The molecule has 1 aliphatic heterocycles. The maximum atomic E-state index is 12.8. The fourth-order valence-electron chi connectivity index (χ4n) is 3.31. The average molecular weight is 433 g/mol. The van der Waals surface area contributed by atoms with Gasteiger partial charge < -0.3 is 20.0 Å². The molecule has 0 unspecified atom stereocenters. The third-order valence-corrected chi connectivity index (χ3v) is 5.67. The molecule has 2 N–H and O–H groups in total. The van der Waals surface area contributed by atoms with Crippen molar-refractivity contribution in [1.29, 1.82) is 0 Å². The number of hydrogen-bond acceptors (Lipinski definition) is 4. The van der Waals surface area contributed by atoms with Gasteiger partial charge in [0.25, 0.3) is 0 Å². The number of carbonyl (C=O) groups is 2. The van der Waals surface area contributed by atoms with Crippen molar-refractivity contribution in [3.05, 3.63) is 46.4 Å². The number of carbonyl (C=O) groups excluding carboxylic acids is 2. The van der Waals surface area contributed by atoms with Gasteiger partial charge in [0, 0.05) is 44.7 Å². The predicted octanol–water partition coefficient (Wildman–Crippen LogP) is 2.76. The monoisotopic (exact) mass is 432 g/mol. The van der Waals surface area contributed by atoms with E-state index in [-0.39, 0.29) is 29.7 Å². The minimum absolute atomic E-state index is 0.00844. The SMILES string of the molecule is CC(=O)N1CCN(C(=O)Cc2c(Br)c(O)cc(O)c2-c2ccccc2)CC1. The van der Waals surface area contributed by atoms with Crippen LogP contribution in [0.5, 0.6) is 11.5 Å². The molecular formula is C20H21BrN2O4. The van der Waals surface area contributed by atoms with Crippen LogP contribution in [-0.4, -0.2) is 58.0 Å². The fraction of sp³-hybridized carbons (Fsp3) is 0.300. The summed E-state index contributed by atoms with van der Waals surface area (Å²) in [5.41, 5.74) is 1.83. The topological polar surface area (TPSA) is 81.1 Å². The van der Waals surface area contributed by atoms with E-state index in [1.165, 1.54) is 13.0 Å². The molecule has 0 bridgehead atoms. The molecule has 6 nitrogen and oxygen atoms in total. The van der Waals surface area contributed by atoms with Gasteiger partial charge >= 0.3 is 0 Å². The van der Waals surface area contributed by atoms with Gasteiger partial charge in [-0.3, -0.25) is 9.59 Å². The molecule has 0 aromatic heterocycles. The first-order valence-electron chi connectivity index (χ1n) is 8.70. The van der Waals surface area contributed by atoms with Crippen LogP contribution in [-0.2, 0) is 16.0 Å². The Morgan fingerprint density at radius 1 is 1.00 bits per heavy atom. The lowest BCUT2D eigenvalue weighted by Crippen LogP contribution is -2.50. The van der Waals surface area contributed by atoms with Crippen molar-refractivity contribution in [2.75, 3.05) is 26.2 Å². The zero-order chi connectivity index (χ0) is 19.6. The molecule has 1 heterocycles. The predicted molar refractivity (Wildman–Crippen MR) is 105 cm³/mol. The van der Waals surface area contributed by atoms with Gasteiger partial charge in [0.2, 0.25) is 11.8 Å². The Balaban J connectivity index is 1.88. The van der Waals surface area contributed by atoms with Crippen LogP contribution in [0.15, 0.2) is 40.9 Å². The molecule has 0 spiro atoms. The highest BCUT2D eigenvalue weighted by molar-refractivity contribution is 9.10. The summed E-state index contributed by atoms with van der Waals surface area (Å²) >= 11 is 3.36. The van der Waals surface area contributed by atoms with Crippen molar-refractivity contribution in [2.24, 2.45) is 0 Å². The quantitative estimate of drug-likeness (QED) is 0.780. The van der Waals surface area contributed by atoms with Gasteiger partial charge in [-0.05, 0) is 27.1 Å². The van der Waals surface area contributed by atoms with Crippen molar-refractivity contribution < 1.29 is 19.8 Å². The molecule has 2 amide bonds. The Kier molecular flexibility index (Phi) is 5.70. The van der Waals surface area contributed by atoms with E-state index in [0.29, 0.717) is 41.8 Å². The van der Waals surface area contributed by atoms with Crippen LogP contribution in [0.1, 0.15) is 12.5 Å². The van der Waals surface area contributed by atoms with Crippen LogP contribution < -0.4 is 0 Å². The molecule has 0 aliphatic carbocycles. The number of piperazine rings is 1. The van der Waals surface area contributed by atoms with E-state index in [0.717, 1.165) is 5.56 Å². The molecule has 1 fully saturated rings. The fourth-order valence-corrected chi connectivity index (χ4v) is 3.76. The van der Waals surface area contributed by atoms with Crippen LogP contribution in [0.3, 0.4) is 0 Å². The first kappa shape index (κ1) is 19.2. The molecule has 0 radical (unpaired) electrons. The van der Waals surface area contributed by atoms with E-state index in [2.05, 4.69) is 15.9 Å². The summed E-state index contributed by atoms with van der Waals surface area (Å²) in [5.74, 6) is -0.294. The largest absolute Gasteiger partial charge is 0.507 e. The Labute approximate surface area is 166 Å². The highest BCUT2D eigenvalue weighted by atomic mass is 79.9. The summed E-state index contributed by atoms with van der Waals surface area (Å²) in [6.07, 6.45) is 0.0346. The summed E-state index contributed by atoms with van der Waals surface area (Å²) < 4.78 is 0.398. The highest BCUT2D eigenvalue weighted by Crippen LogP contribution is 2.42. The lowest BCUT2D eigenvalue weighted by atomic mass is 9.95. The van der Waals surface area contributed by atoms with Crippen molar-refractivity contribution in [2.45, 2.75) is 13.3 Å². The summed E-state index contributed by atoms with van der Waals surface area (Å²) in [6, 6.07) is 10.5. The van der Waals surface area contributed by atoms with E-state index in [1.807, 2.05) is 30.3 Å². The summed E-state index contributed by atoms with van der Waals surface area (Å²) in [6.45, 7) is 3.50. The van der Waals surface area contributed by atoms with Crippen molar-refractivity contribution in [3.8, 4) is 22.6 Å². The summed E-state index contributed by atoms with van der Waals surface area (Å²) in [7, 11) is 0. The van der Waals surface area contributed by atoms with Crippen LogP contribution in [0.25, 0.3) is 11.1 Å². The Hall–Kier alpha value is -2.54. The Bertz CT molecular complexity index is 862. The van der Waals surface area contributed by atoms with Gasteiger partial charge in [-0.1, -0.05) is 30.3 Å². The third-order valence-electron chi connectivity index (χ3n) is 4.79. The second kappa shape index (κ2) is 8.00. The Morgan fingerprint density at radius 3 is 2.19 bits per heavy atom. The molecule has 1 saturated heterocycles. The van der Waals surface area contributed by atoms with E-state index >= 15 is 0 Å². The van der Waals surface area contributed by atoms with Gasteiger partial charge in [-0.25, -0.2) is 0 Å². The molecule has 0 saturated carbocycles. The second-order valence-electron chi connectivity index (χ2n) is 6.51. The molecule has 0 atom stereocenters. The molecule has 142 valence electrons. The van der Waals surface area contributed by atoms with E-state index in [9.17, 15) is 19.8 Å². The van der Waals surface area contributed by atoms with Gasteiger partial charge in [0.15, 0.2) is 0 Å². The number of amides is 2. The zero-order valence-corrected chi connectivity index (χ0v) is 16.6. The van der Waals surface area contributed by atoms with E-state index < -0.39 is 0 Å². The average Bonchev–Trinajstić information content (AvgIpc) is 2.66. The van der Waals surface area contributed by atoms with Crippen LogP contribution in [0.4, 0.5) is 0 Å². The van der Waals surface area contributed by atoms with Gasteiger partial charge in [0.05, 0.1) is 10.9 Å². The van der Waals surface area contributed by atoms with E-state index in [1.54, 1.807) is 9.80 Å². The maximum Gasteiger partial charge on any atom is 0.227 e. The summed E-state index contributed by atoms with van der Waals surface area (Å²) in [4.78, 5) is 27.7. The smallest absolute Gasteiger partial charge is 0.227 e. The van der Waals surface area contributed by atoms with Crippen molar-refractivity contribution in [3.63, 3.8) is 0 Å². The van der Waals surface area contributed by atoms with Gasteiger partial charge in [-0.15, -0.1) is 0 Å². The number of nitrogens with zero attached hydrogens (tertiary/aromatic N) is 2. The minimum atomic E-state index is -0.114. The standard InChI is InChI=1S/C20H21BrN2O4/c1-13(24)22-7-9-23(10-8-22)18(27)11-15-19(14-5-3-2-4-6-14)16(25)12-17(26)20(15)21/h2-6,12,25-26H,7-11H2,1H3. The molecule has 2 aromatic carbocycles. The molecule has 1 aliphatic rings. The van der Waals surface area contributed by atoms with Crippen LogP contribution in [0, 0.1) is 0 Å². The number of phenols is 2. The molecule has 2 aromatic rings. The number of aromatic hydroxyl groups is 2. The van der Waals surface area contributed by atoms with Gasteiger partial charge in [0.1, 0.15) is 11.5 Å². The lowest BCUT2D eigenvalue weighted by Gasteiger charge is -2.34. The molecular weight excluding hydrogens is 412 g/mol. The van der Waals surface area contributed by atoms with Crippen molar-refractivity contribution in [1.82, 2.24) is 9.80 Å². The maximum absolute atomic E-state index is 12.8. The normalized spacial score (nSPS) is 14.3. The first-order valence-corrected chi connectivity index (χ1v) is 9.49. The number of hydrogen-bond donors (Lipinski definition) is 2. The van der Waals surface area contributed by atoms with E-state index in [4.69, 9.17) is 0 Å². The number of phenolic OH excluding ortho intramolecular Hbond substituents is 2.